The lowest BCUT2D eigenvalue weighted by Crippen LogP contribution is -2.41. The van der Waals surface area contributed by atoms with Crippen LogP contribution in [0, 0.1) is 5.92 Å². The number of aromatic nitrogens is 2. The molecule has 0 radical (unpaired) electrons. The Labute approximate surface area is 125 Å². The van der Waals surface area contributed by atoms with Crippen molar-refractivity contribution in [3.8, 4) is 0 Å². The van der Waals surface area contributed by atoms with Gasteiger partial charge in [-0.2, -0.15) is 5.10 Å². The van der Waals surface area contributed by atoms with Crippen molar-refractivity contribution in [1.29, 1.82) is 0 Å². The summed E-state index contributed by atoms with van der Waals surface area (Å²) in [6, 6.07) is 1.01. The molecule has 1 aromatic rings. The Bertz CT molecular complexity index is 478. The number of rotatable bonds is 8. The van der Waals surface area contributed by atoms with Crippen LogP contribution in [0.15, 0.2) is 12.3 Å². The van der Waals surface area contributed by atoms with E-state index >= 15 is 0 Å². The highest BCUT2D eigenvalue weighted by atomic mass is 16.4. The minimum atomic E-state index is -1.02. The second-order valence-electron chi connectivity index (χ2n) is 5.65. The molecule has 2 N–H and O–H groups in total. The third kappa shape index (κ3) is 4.88. The van der Waals surface area contributed by atoms with Crippen LogP contribution < -0.4 is 5.32 Å². The van der Waals surface area contributed by atoms with Gasteiger partial charge in [0.25, 0.3) is 5.91 Å². The van der Waals surface area contributed by atoms with E-state index in [1.165, 1.54) is 0 Å². The monoisotopic (exact) mass is 295 g/mol. The fourth-order valence-electron chi connectivity index (χ4n) is 2.25. The summed E-state index contributed by atoms with van der Waals surface area (Å²) < 4.78 is 1.77. The first-order valence-electron chi connectivity index (χ1n) is 7.47. The quantitative estimate of drug-likeness (QED) is 0.771. The number of carbonyl (C=O) groups is 2. The van der Waals surface area contributed by atoms with E-state index < -0.39 is 17.9 Å². The lowest BCUT2D eigenvalue weighted by Gasteiger charge is -2.16. The van der Waals surface area contributed by atoms with Crippen LogP contribution in [-0.2, 0) is 4.79 Å². The molecule has 21 heavy (non-hydrogen) atoms. The molecule has 118 valence electrons. The maximum absolute atomic E-state index is 12.1. The largest absolute Gasteiger partial charge is 0.480 e. The fourth-order valence-corrected chi connectivity index (χ4v) is 2.25. The van der Waals surface area contributed by atoms with Crippen molar-refractivity contribution in [2.24, 2.45) is 5.92 Å². The number of nitrogens with zero attached hydrogens (tertiary/aromatic N) is 2. The minimum absolute atomic E-state index is 0.188. The Morgan fingerprint density at radius 2 is 1.95 bits per heavy atom. The van der Waals surface area contributed by atoms with E-state index in [9.17, 15) is 9.59 Å². The lowest BCUT2D eigenvalue weighted by molar-refractivity contribution is -0.139. The number of carboxylic acids is 1. The second kappa shape index (κ2) is 7.81. The summed E-state index contributed by atoms with van der Waals surface area (Å²) in [5.41, 5.74) is 0.261. The number of carbonyl (C=O) groups excluding carboxylic acids is 1. The zero-order chi connectivity index (χ0) is 16.0. The Morgan fingerprint density at radius 1 is 1.33 bits per heavy atom. The van der Waals surface area contributed by atoms with Gasteiger partial charge in [0.2, 0.25) is 0 Å². The Kier molecular flexibility index (Phi) is 6.39. The highest BCUT2D eigenvalue weighted by Crippen LogP contribution is 2.14. The molecular weight excluding hydrogens is 270 g/mol. The predicted molar refractivity (Wildman–Crippen MR) is 80.2 cm³/mol. The molecule has 1 rings (SSSR count). The van der Waals surface area contributed by atoms with Gasteiger partial charge in [0, 0.05) is 6.20 Å². The topological polar surface area (TPSA) is 84.2 Å². The molecule has 0 spiro atoms. The van der Waals surface area contributed by atoms with E-state index in [0.29, 0.717) is 6.42 Å². The van der Waals surface area contributed by atoms with Crippen LogP contribution >= 0.6 is 0 Å². The van der Waals surface area contributed by atoms with Crippen LogP contribution in [0.4, 0.5) is 0 Å². The van der Waals surface area contributed by atoms with Crippen LogP contribution in [-0.4, -0.2) is 32.8 Å². The molecule has 0 aliphatic carbocycles. The van der Waals surface area contributed by atoms with Crippen LogP contribution in [0.1, 0.15) is 63.5 Å². The van der Waals surface area contributed by atoms with Crippen LogP contribution in [0.3, 0.4) is 0 Å². The molecule has 0 unspecified atom stereocenters. The molecule has 0 bridgehead atoms. The van der Waals surface area contributed by atoms with Gasteiger partial charge >= 0.3 is 5.97 Å². The highest BCUT2D eigenvalue weighted by molar-refractivity contribution is 5.94. The maximum atomic E-state index is 12.1. The molecule has 6 heteroatoms. The second-order valence-corrected chi connectivity index (χ2v) is 5.65. The number of aliphatic carboxylic acids is 1. The molecule has 1 amide bonds. The zero-order valence-corrected chi connectivity index (χ0v) is 13.2. The van der Waals surface area contributed by atoms with Gasteiger partial charge < -0.3 is 10.4 Å². The smallest absolute Gasteiger partial charge is 0.326 e. The molecule has 0 fully saturated rings. The third-order valence-corrected chi connectivity index (χ3v) is 3.47. The summed E-state index contributed by atoms with van der Waals surface area (Å²) in [5.74, 6) is -1.27. The number of hydrogen-bond acceptors (Lipinski definition) is 3. The summed E-state index contributed by atoms with van der Waals surface area (Å²) in [4.78, 5) is 23.3. The van der Waals surface area contributed by atoms with Gasteiger partial charge in [-0.05, 0) is 31.2 Å². The lowest BCUT2D eigenvalue weighted by atomic mass is 10.0. The maximum Gasteiger partial charge on any atom is 0.326 e. The van der Waals surface area contributed by atoms with Gasteiger partial charge in [-0.15, -0.1) is 0 Å². The van der Waals surface area contributed by atoms with Gasteiger partial charge in [-0.1, -0.05) is 27.7 Å². The summed E-state index contributed by atoms with van der Waals surface area (Å²) in [5, 5.41) is 15.9. The van der Waals surface area contributed by atoms with E-state index in [4.69, 9.17) is 5.11 Å². The van der Waals surface area contributed by atoms with Crippen molar-refractivity contribution in [1.82, 2.24) is 15.1 Å². The van der Waals surface area contributed by atoms with Gasteiger partial charge in [-0.25, -0.2) is 4.79 Å². The van der Waals surface area contributed by atoms with Gasteiger partial charge in [0.05, 0.1) is 6.04 Å². The normalized spacial score (nSPS) is 12.7. The van der Waals surface area contributed by atoms with Crippen molar-refractivity contribution in [2.45, 2.75) is 59.0 Å². The van der Waals surface area contributed by atoms with Crippen molar-refractivity contribution in [3.63, 3.8) is 0 Å². The Balaban J connectivity index is 2.76. The summed E-state index contributed by atoms with van der Waals surface area (Å²) in [6.07, 6.45) is 4.04. The Morgan fingerprint density at radius 3 is 2.43 bits per heavy atom. The number of carboxylic acid groups (broad SMARTS) is 1. The van der Waals surface area contributed by atoms with Gasteiger partial charge in [-0.3, -0.25) is 9.48 Å². The minimum Gasteiger partial charge on any atom is -0.480 e. The first kappa shape index (κ1) is 17.2. The zero-order valence-electron chi connectivity index (χ0n) is 13.2. The third-order valence-electron chi connectivity index (χ3n) is 3.47. The average molecular weight is 295 g/mol. The molecule has 0 aliphatic heterocycles. The summed E-state index contributed by atoms with van der Waals surface area (Å²) in [7, 11) is 0. The molecule has 0 saturated heterocycles. The molecule has 1 aromatic heterocycles. The van der Waals surface area contributed by atoms with Crippen LogP contribution in [0.5, 0.6) is 0 Å². The van der Waals surface area contributed by atoms with Crippen LogP contribution in [0.2, 0.25) is 0 Å². The van der Waals surface area contributed by atoms with Gasteiger partial charge in [0.1, 0.15) is 11.7 Å². The van der Waals surface area contributed by atoms with Crippen molar-refractivity contribution in [3.05, 3.63) is 18.0 Å². The molecule has 1 heterocycles. The molecule has 0 aliphatic rings. The van der Waals surface area contributed by atoms with E-state index in [-0.39, 0.29) is 17.7 Å². The van der Waals surface area contributed by atoms with E-state index in [0.717, 1.165) is 12.8 Å². The number of amides is 1. The SMILES string of the molecule is CCC(CC)n1ccc(C(=O)N[C@@H](CC(C)C)C(=O)O)n1. The molecule has 0 aromatic carbocycles. The molecular formula is C15H25N3O3. The first-order chi connectivity index (χ1) is 9.88. The standard InChI is InChI=1S/C15H25N3O3/c1-5-11(6-2)18-8-7-12(17-18)14(19)16-13(15(20)21)9-10(3)4/h7-8,10-11,13H,5-6,9H2,1-4H3,(H,16,19)(H,20,21)/t13-/m0/s1. The summed E-state index contributed by atoms with van der Waals surface area (Å²) >= 11 is 0. The number of nitrogens with one attached hydrogen (secondary N) is 1. The van der Waals surface area contributed by atoms with E-state index in [2.05, 4.69) is 24.3 Å². The van der Waals surface area contributed by atoms with E-state index in [1.54, 1.807) is 16.9 Å². The summed E-state index contributed by atoms with van der Waals surface area (Å²) in [6.45, 7) is 7.98. The van der Waals surface area contributed by atoms with Gasteiger partial charge in [0.15, 0.2) is 0 Å². The molecule has 6 nitrogen and oxygen atoms in total. The first-order valence-corrected chi connectivity index (χ1v) is 7.47. The van der Waals surface area contributed by atoms with E-state index in [1.807, 2.05) is 13.8 Å². The fraction of sp³-hybridized carbons (Fsp3) is 0.667. The van der Waals surface area contributed by atoms with Crippen molar-refractivity contribution in [2.75, 3.05) is 0 Å². The van der Waals surface area contributed by atoms with Crippen LogP contribution in [0.25, 0.3) is 0 Å². The van der Waals surface area contributed by atoms with Crippen molar-refractivity contribution >= 4 is 11.9 Å². The highest BCUT2D eigenvalue weighted by Gasteiger charge is 2.23. The number of hydrogen-bond donors (Lipinski definition) is 2. The van der Waals surface area contributed by atoms with Crippen molar-refractivity contribution < 1.29 is 14.7 Å². The average Bonchev–Trinajstić information content (AvgIpc) is 2.88. The molecule has 0 saturated carbocycles. The molecule has 1 atom stereocenters. The predicted octanol–water partition coefficient (Wildman–Crippen LogP) is 2.47. The Hall–Kier alpha value is -1.85.